The minimum absolute atomic E-state index is 0.0267. The fourth-order valence-corrected chi connectivity index (χ4v) is 6.21. The van der Waals surface area contributed by atoms with Gasteiger partial charge in [-0.2, -0.15) is 0 Å². The molecule has 3 N–H and O–H groups in total. The minimum atomic E-state index is -1.29. The maximum absolute atomic E-state index is 11.2. The van der Waals surface area contributed by atoms with Crippen molar-refractivity contribution in [3.63, 3.8) is 0 Å². The average molecular weight is 603 g/mol. The first-order valence-electron chi connectivity index (χ1n) is 15.0. The molecule has 2 aliphatic rings. The monoisotopic (exact) mass is 602 g/mol. The van der Waals surface area contributed by atoms with Crippen molar-refractivity contribution in [2.24, 2.45) is 4.99 Å². The highest BCUT2D eigenvalue weighted by Crippen LogP contribution is 2.43. The molecule has 3 unspecified atom stereocenters. The van der Waals surface area contributed by atoms with Crippen LogP contribution in [0.4, 0.5) is 5.82 Å². The first-order chi connectivity index (χ1) is 22.1. The van der Waals surface area contributed by atoms with Crippen LogP contribution in [0.15, 0.2) is 133 Å². The maximum Gasteiger partial charge on any atom is 0.175 e. The number of hydrogen-bond acceptors (Lipinski definition) is 8. The van der Waals surface area contributed by atoms with E-state index in [0.29, 0.717) is 18.1 Å². The third-order valence-electron chi connectivity index (χ3n) is 8.51. The smallest absolute Gasteiger partial charge is 0.175 e. The Kier molecular flexibility index (Phi) is 8.01. The van der Waals surface area contributed by atoms with Gasteiger partial charge in [-0.05, 0) is 22.3 Å². The molecule has 1 saturated heterocycles. The van der Waals surface area contributed by atoms with E-state index in [1.165, 1.54) is 6.33 Å². The van der Waals surface area contributed by atoms with E-state index < -0.39 is 36.4 Å². The second kappa shape index (κ2) is 12.4. The van der Waals surface area contributed by atoms with E-state index in [2.05, 4.69) is 9.98 Å². The summed E-state index contributed by atoms with van der Waals surface area (Å²) in [5.41, 5.74) is 3.09. The van der Waals surface area contributed by atoms with E-state index in [0.717, 1.165) is 22.3 Å². The highest BCUT2D eigenvalue weighted by Gasteiger charge is 2.47. The van der Waals surface area contributed by atoms with E-state index in [9.17, 15) is 15.3 Å². The number of imidazole rings is 1. The zero-order chi connectivity index (χ0) is 30.8. The van der Waals surface area contributed by atoms with Gasteiger partial charge in [0.2, 0.25) is 0 Å². The summed E-state index contributed by atoms with van der Waals surface area (Å²) in [6.07, 6.45) is -2.40. The number of hydrogen-bond donors (Lipinski definition) is 3. The van der Waals surface area contributed by atoms with Crippen LogP contribution in [0.1, 0.15) is 40.4 Å². The van der Waals surface area contributed by atoms with Crippen LogP contribution in [0.3, 0.4) is 0 Å². The topological polar surface area (TPSA) is 113 Å². The second-order valence-electron chi connectivity index (χ2n) is 11.3. The lowest BCUT2D eigenvalue weighted by molar-refractivity contribution is -0.0946. The van der Waals surface area contributed by atoms with Gasteiger partial charge in [0.15, 0.2) is 18.3 Å². The summed E-state index contributed by atoms with van der Waals surface area (Å²) >= 11 is 0. The molecule has 7 rings (SSSR count). The van der Waals surface area contributed by atoms with Crippen LogP contribution in [0.5, 0.6) is 0 Å². The predicted octanol–water partition coefficient (Wildman–Crippen LogP) is 4.68. The Hall–Kier alpha value is -4.64. The van der Waals surface area contributed by atoms with E-state index in [1.807, 2.05) is 121 Å². The van der Waals surface area contributed by atoms with Gasteiger partial charge in [-0.3, -0.25) is 4.57 Å². The SMILES string of the molecule is OC1C(O)[C@@H](COC(c2ccccc2)(c2ccccc2)c2ccccc2)O[C@H]1n1cnc2c1N=CN(Cc1ccccc1)C2O. The number of aliphatic imine (C=N–C) groups is 1. The van der Waals surface area contributed by atoms with Crippen LogP contribution in [0.2, 0.25) is 0 Å². The van der Waals surface area contributed by atoms with Gasteiger partial charge in [0.25, 0.3) is 0 Å². The normalized spacial score (nSPS) is 22.8. The van der Waals surface area contributed by atoms with Gasteiger partial charge >= 0.3 is 0 Å². The quantitative estimate of drug-likeness (QED) is 0.210. The molecule has 0 amide bonds. The van der Waals surface area contributed by atoms with Gasteiger partial charge < -0.3 is 29.7 Å². The van der Waals surface area contributed by atoms with Crippen LogP contribution in [-0.2, 0) is 21.6 Å². The van der Waals surface area contributed by atoms with Crippen LogP contribution < -0.4 is 0 Å². The Labute approximate surface area is 261 Å². The fourth-order valence-electron chi connectivity index (χ4n) is 6.21. The van der Waals surface area contributed by atoms with Crippen molar-refractivity contribution in [3.8, 4) is 0 Å². The summed E-state index contributed by atoms with van der Waals surface area (Å²) < 4.78 is 14.7. The fraction of sp³-hybridized carbons (Fsp3) is 0.222. The number of nitrogens with zero attached hydrogens (tertiary/aromatic N) is 4. The number of aliphatic hydroxyl groups is 3. The Morgan fingerprint density at radius 1 is 0.711 bits per heavy atom. The number of rotatable bonds is 9. The Bertz CT molecular complexity index is 1640. The molecule has 0 radical (unpaired) electrons. The molecule has 9 heteroatoms. The largest absolute Gasteiger partial charge is 0.387 e. The third kappa shape index (κ3) is 5.35. The lowest BCUT2D eigenvalue weighted by Crippen LogP contribution is -2.39. The first kappa shape index (κ1) is 29.1. The third-order valence-corrected chi connectivity index (χ3v) is 8.51. The van der Waals surface area contributed by atoms with Gasteiger partial charge in [0, 0.05) is 6.54 Å². The molecule has 0 saturated carbocycles. The number of benzene rings is 4. The molecule has 45 heavy (non-hydrogen) atoms. The molecule has 5 atom stereocenters. The van der Waals surface area contributed by atoms with E-state index in [4.69, 9.17) is 9.47 Å². The Balaban J connectivity index is 1.16. The highest BCUT2D eigenvalue weighted by molar-refractivity contribution is 5.65. The van der Waals surface area contributed by atoms with E-state index in [1.54, 1.807) is 15.8 Å². The number of ether oxygens (including phenoxy) is 2. The molecule has 3 heterocycles. The lowest BCUT2D eigenvalue weighted by atomic mass is 9.80. The molecule has 0 spiro atoms. The molecule has 228 valence electrons. The number of aromatic nitrogens is 2. The number of aliphatic hydroxyl groups excluding tert-OH is 3. The molecule has 2 aliphatic heterocycles. The molecule has 4 aromatic carbocycles. The van der Waals surface area contributed by atoms with Gasteiger partial charge in [-0.1, -0.05) is 121 Å². The highest BCUT2D eigenvalue weighted by atomic mass is 16.6. The summed E-state index contributed by atoms with van der Waals surface area (Å²) in [4.78, 5) is 10.7. The van der Waals surface area contributed by atoms with Crippen molar-refractivity contribution in [3.05, 3.63) is 156 Å². The molecule has 1 fully saturated rings. The van der Waals surface area contributed by atoms with Gasteiger partial charge in [-0.15, -0.1) is 0 Å². The Morgan fingerprint density at radius 2 is 1.24 bits per heavy atom. The summed E-state index contributed by atoms with van der Waals surface area (Å²) in [6.45, 7) is 0.422. The number of fused-ring (bicyclic) bond motifs is 1. The lowest BCUT2D eigenvalue weighted by Gasteiger charge is -2.37. The van der Waals surface area contributed by atoms with E-state index in [-0.39, 0.29) is 6.61 Å². The molecule has 0 bridgehead atoms. The van der Waals surface area contributed by atoms with Crippen molar-refractivity contribution < 1.29 is 24.8 Å². The summed E-state index contributed by atoms with van der Waals surface area (Å²) in [6, 6.07) is 39.6. The summed E-state index contributed by atoms with van der Waals surface area (Å²) in [5.74, 6) is 0.358. The van der Waals surface area contributed by atoms with Crippen LogP contribution >= 0.6 is 0 Å². The molecular weight excluding hydrogens is 568 g/mol. The van der Waals surface area contributed by atoms with Crippen molar-refractivity contribution in [1.29, 1.82) is 0 Å². The minimum Gasteiger partial charge on any atom is -0.387 e. The first-order valence-corrected chi connectivity index (χ1v) is 15.0. The summed E-state index contributed by atoms with van der Waals surface area (Å²) in [7, 11) is 0. The zero-order valence-corrected chi connectivity index (χ0v) is 24.4. The molecular formula is C36H34N4O5. The van der Waals surface area contributed by atoms with Crippen molar-refractivity contribution in [1.82, 2.24) is 14.5 Å². The summed E-state index contributed by atoms with van der Waals surface area (Å²) in [5, 5.41) is 33.5. The zero-order valence-electron chi connectivity index (χ0n) is 24.4. The van der Waals surface area contributed by atoms with E-state index >= 15 is 0 Å². The Morgan fingerprint density at radius 3 is 1.80 bits per heavy atom. The molecule has 9 nitrogen and oxygen atoms in total. The van der Waals surface area contributed by atoms with Gasteiger partial charge in [0.1, 0.15) is 29.6 Å². The van der Waals surface area contributed by atoms with Crippen molar-refractivity contribution in [2.45, 2.75) is 42.9 Å². The molecule has 5 aromatic rings. The van der Waals surface area contributed by atoms with Crippen LogP contribution in [0, 0.1) is 0 Å². The van der Waals surface area contributed by atoms with Crippen molar-refractivity contribution >= 4 is 12.2 Å². The molecule has 1 aromatic heterocycles. The van der Waals surface area contributed by atoms with Gasteiger partial charge in [-0.25, -0.2) is 9.98 Å². The maximum atomic E-state index is 11.2. The predicted molar refractivity (Wildman–Crippen MR) is 168 cm³/mol. The van der Waals surface area contributed by atoms with Gasteiger partial charge in [0.05, 0.1) is 19.3 Å². The second-order valence-corrected chi connectivity index (χ2v) is 11.3. The van der Waals surface area contributed by atoms with Crippen LogP contribution in [-0.4, -0.2) is 61.0 Å². The average Bonchev–Trinajstić information content (AvgIpc) is 3.65. The van der Waals surface area contributed by atoms with Crippen LogP contribution in [0.25, 0.3) is 0 Å². The standard InChI is InChI=1S/C36H34N4O5/c41-31-29(22-44-36(26-15-7-2-8-16-26,27-17-9-3-10-18-27)28-19-11-4-12-20-28)45-35(32(31)42)40-24-37-30-33(40)38-23-39(34(30)43)21-25-13-5-1-6-14-25/h1-20,23-24,29,31-32,34-35,41-43H,21-22H2/t29-,31?,32?,34?,35-/m1/s1. The van der Waals surface area contributed by atoms with Crippen molar-refractivity contribution in [2.75, 3.05) is 6.61 Å². The molecule has 0 aliphatic carbocycles.